The first kappa shape index (κ1) is 25.2. The van der Waals surface area contributed by atoms with Crippen LogP contribution in [0.4, 0.5) is 18.9 Å². The Labute approximate surface area is 197 Å². The van der Waals surface area contributed by atoms with E-state index in [1.165, 1.54) is 18.2 Å². The fourth-order valence-corrected chi connectivity index (χ4v) is 3.72. The largest absolute Gasteiger partial charge is 0.454 e. The van der Waals surface area contributed by atoms with E-state index in [1.807, 2.05) is 5.32 Å². The van der Waals surface area contributed by atoms with Crippen molar-refractivity contribution in [2.45, 2.75) is 32.5 Å². The van der Waals surface area contributed by atoms with Crippen LogP contribution in [0.1, 0.15) is 46.5 Å². The molecule has 0 bridgehead atoms. The standard InChI is InChI=1S/C23H20ClF3N2O5/c1-3-12(2)19(29-20(31)14-6-4-5-7-15(14)21(29)32)22(33)34-11-18(30)28-17-9-8-13(24)10-16(17)23(25,26)27/h4-10,12,19H,3,11H2,1-2H3,(H,28,30)/t12-,19-/m0/s1. The Hall–Kier alpha value is -3.40. The number of alkyl halides is 3. The smallest absolute Gasteiger partial charge is 0.418 e. The molecule has 0 radical (unpaired) electrons. The van der Waals surface area contributed by atoms with Gasteiger partial charge in [0.1, 0.15) is 6.04 Å². The molecule has 180 valence electrons. The van der Waals surface area contributed by atoms with E-state index in [-0.39, 0.29) is 16.1 Å². The van der Waals surface area contributed by atoms with Gasteiger partial charge in [0.2, 0.25) is 0 Å². The molecule has 3 rings (SSSR count). The van der Waals surface area contributed by atoms with Crippen molar-refractivity contribution in [1.82, 2.24) is 4.90 Å². The van der Waals surface area contributed by atoms with Crippen molar-refractivity contribution in [3.63, 3.8) is 0 Å². The van der Waals surface area contributed by atoms with E-state index in [0.717, 1.165) is 11.0 Å². The molecule has 34 heavy (non-hydrogen) atoms. The van der Waals surface area contributed by atoms with Gasteiger partial charge >= 0.3 is 12.1 Å². The van der Waals surface area contributed by atoms with Gasteiger partial charge in [0.05, 0.1) is 22.4 Å². The molecule has 1 aliphatic heterocycles. The van der Waals surface area contributed by atoms with E-state index >= 15 is 0 Å². The summed E-state index contributed by atoms with van der Waals surface area (Å²) in [6.07, 6.45) is -4.38. The number of esters is 1. The van der Waals surface area contributed by atoms with Gasteiger partial charge in [-0.2, -0.15) is 13.2 Å². The highest BCUT2D eigenvalue weighted by molar-refractivity contribution is 6.30. The summed E-state index contributed by atoms with van der Waals surface area (Å²) < 4.78 is 44.7. The highest BCUT2D eigenvalue weighted by Gasteiger charge is 2.45. The quantitative estimate of drug-likeness (QED) is 0.448. The number of hydrogen-bond donors (Lipinski definition) is 1. The molecule has 0 spiro atoms. The molecule has 2 aromatic carbocycles. The number of carbonyl (C=O) groups excluding carboxylic acids is 4. The first-order chi connectivity index (χ1) is 16.0. The molecular formula is C23H20ClF3N2O5. The SMILES string of the molecule is CC[C@H](C)[C@@H](C(=O)OCC(=O)Nc1ccc(Cl)cc1C(F)(F)F)N1C(=O)c2ccccc2C1=O. The highest BCUT2D eigenvalue weighted by Crippen LogP contribution is 2.36. The number of amides is 3. The topological polar surface area (TPSA) is 92.8 Å². The van der Waals surface area contributed by atoms with Crippen LogP contribution < -0.4 is 5.32 Å². The average molecular weight is 497 g/mol. The van der Waals surface area contributed by atoms with Crippen LogP contribution in [0.3, 0.4) is 0 Å². The number of ether oxygens (including phenoxy) is 1. The van der Waals surface area contributed by atoms with Crippen molar-refractivity contribution in [2.75, 3.05) is 11.9 Å². The van der Waals surface area contributed by atoms with Gasteiger partial charge in [-0.15, -0.1) is 0 Å². The van der Waals surface area contributed by atoms with Gasteiger partial charge < -0.3 is 10.1 Å². The molecule has 0 unspecified atom stereocenters. The minimum atomic E-state index is -4.78. The van der Waals surface area contributed by atoms with Crippen molar-refractivity contribution in [2.24, 2.45) is 5.92 Å². The second kappa shape index (κ2) is 9.84. The number of nitrogens with zero attached hydrogens (tertiary/aromatic N) is 1. The maximum atomic E-state index is 13.2. The van der Waals surface area contributed by atoms with Crippen molar-refractivity contribution < 1.29 is 37.1 Å². The van der Waals surface area contributed by atoms with Crippen LogP contribution in [0.15, 0.2) is 42.5 Å². The molecule has 0 fully saturated rings. The predicted molar refractivity (Wildman–Crippen MR) is 116 cm³/mol. The van der Waals surface area contributed by atoms with E-state index in [4.69, 9.17) is 16.3 Å². The summed E-state index contributed by atoms with van der Waals surface area (Å²) in [6.45, 7) is 2.46. The Bertz CT molecular complexity index is 1120. The van der Waals surface area contributed by atoms with Gasteiger partial charge in [-0.25, -0.2) is 4.79 Å². The fraction of sp³-hybridized carbons (Fsp3) is 0.304. The molecule has 1 N–H and O–H groups in total. The lowest BCUT2D eigenvalue weighted by atomic mass is 9.97. The number of nitrogens with one attached hydrogen (secondary N) is 1. The van der Waals surface area contributed by atoms with E-state index in [9.17, 15) is 32.3 Å². The van der Waals surface area contributed by atoms with Crippen LogP contribution in [0.5, 0.6) is 0 Å². The fourth-order valence-electron chi connectivity index (χ4n) is 3.54. The van der Waals surface area contributed by atoms with Crippen LogP contribution >= 0.6 is 11.6 Å². The lowest BCUT2D eigenvalue weighted by Gasteiger charge is -2.28. The molecule has 7 nitrogen and oxygen atoms in total. The second-order valence-corrected chi connectivity index (χ2v) is 8.14. The second-order valence-electron chi connectivity index (χ2n) is 7.70. The number of rotatable bonds is 7. The van der Waals surface area contributed by atoms with Gasteiger partial charge in [-0.3, -0.25) is 19.3 Å². The molecule has 0 saturated carbocycles. The first-order valence-electron chi connectivity index (χ1n) is 10.3. The molecule has 0 aromatic heterocycles. The summed E-state index contributed by atoms with van der Waals surface area (Å²) in [7, 11) is 0. The van der Waals surface area contributed by atoms with Crippen LogP contribution in [-0.4, -0.2) is 41.2 Å². The molecule has 0 aliphatic carbocycles. The lowest BCUT2D eigenvalue weighted by molar-refractivity contribution is -0.153. The van der Waals surface area contributed by atoms with E-state index < -0.39 is 59.7 Å². The summed E-state index contributed by atoms with van der Waals surface area (Å²) in [4.78, 5) is 51.5. The molecule has 1 heterocycles. The third-order valence-electron chi connectivity index (χ3n) is 5.43. The summed E-state index contributed by atoms with van der Waals surface area (Å²) in [5.74, 6) is -3.89. The molecular weight excluding hydrogens is 477 g/mol. The molecule has 11 heteroatoms. The van der Waals surface area contributed by atoms with E-state index in [2.05, 4.69) is 0 Å². The van der Waals surface area contributed by atoms with Gasteiger partial charge in [0, 0.05) is 5.02 Å². The summed E-state index contributed by atoms with van der Waals surface area (Å²) >= 11 is 5.62. The van der Waals surface area contributed by atoms with Gasteiger partial charge in [0.15, 0.2) is 6.61 Å². The van der Waals surface area contributed by atoms with Gasteiger partial charge in [-0.05, 0) is 36.2 Å². The third-order valence-corrected chi connectivity index (χ3v) is 5.67. The maximum Gasteiger partial charge on any atom is 0.418 e. The summed E-state index contributed by atoms with van der Waals surface area (Å²) in [5.41, 5.74) is -1.43. The highest BCUT2D eigenvalue weighted by atomic mass is 35.5. The minimum Gasteiger partial charge on any atom is -0.454 e. The molecule has 0 saturated heterocycles. The van der Waals surface area contributed by atoms with Gasteiger partial charge in [0.25, 0.3) is 17.7 Å². The van der Waals surface area contributed by atoms with Crippen molar-refractivity contribution >= 4 is 41.0 Å². The molecule has 2 atom stereocenters. The van der Waals surface area contributed by atoms with Crippen molar-refractivity contribution in [3.8, 4) is 0 Å². The van der Waals surface area contributed by atoms with Crippen LogP contribution in [0.25, 0.3) is 0 Å². The first-order valence-corrected chi connectivity index (χ1v) is 10.6. The number of carbonyl (C=O) groups is 4. The zero-order valence-electron chi connectivity index (χ0n) is 18.1. The third kappa shape index (κ3) is 5.06. The molecule has 3 amide bonds. The Morgan fingerprint density at radius 1 is 1.09 bits per heavy atom. The van der Waals surface area contributed by atoms with Crippen LogP contribution in [0.2, 0.25) is 5.02 Å². The Morgan fingerprint density at radius 3 is 2.21 bits per heavy atom. The van der Waals surface area contributed by atoms with E-state index in [0.29, 0.717) is 12.5 Å². The summed E-state index contributed by atoms with van der Waals surface area (Å²) in [5, 5.41) is 1.87. The zero-order chi connectivity index (χ0) is 25.2. The number of anilines is 1. The normalized spacial score (nSPS) is 15.1. The maximum absolute atomic E-state index is 13.2. The number of imide groups is 1. The number of fused-ring (bicyclic) bond motifs is 1. The van der Waals surface area contributed by atoms with Crippen molar-refractivity contribution in [1.29, 1.82) is 0 Å². The number of hydrogen-bond acceptors (Lipinski definition) is 5. The van der Waals surface area contributed by atoms with Crippen molar-refractivity contribution in [3.05, 3.63) is 64.2 Å². The number of benzene rings is 2. The van der Waals surface area contributed by atoms with Crippen LogP contribution in [-0.2, 0) is 20.5 Å². The zero-order valence-corrected chi connectivity index (χ0v) is 18.9. The Balaban J connectivity index is 1.74. The minimum absolute atomic E-state index is 0.147. The number of halogens is 4. The van der Waals surface area contributed by atoms with E-state index in [1.54, 1.807) is 26.0 Å². The predicted octanol–water partition coefficient (Wildman–Crippen LogP) is 4.55. The Morgan fingerprint density at radius 2 is 1.68 bits per heavy atom. The lowest BCUT2D eigenvalue weighted by Crippen LogP contribution is -2.49. The summed E-state index contributed by atoms with van der Waals surface area (Å²) in [6, 6.07) is 7.58. The molecule has 1 aliphatic rings. The van der Waals surface area contributed by atoms with Crippen LogP contribution in [0, 0.1) is 5.92 Å². The van der Waals surface area contributed by atoms with Gasteiger partial charge in [-0.1, -0.05) is 44.0 Å². The Kier molecular flexibility index (Phi) is 7.30. The average Bonchev–Trinajstić information content (AvgIpc) is 3.03. The monoisotopic (exact) mass is 496 g/mol. The molecule has 2 aromatic rings.